The van der Waals surface area contributed by atoms with Crippen LogP contribution in [-0.2, 0) is 11.3 Å². The van der Waals surface area contributed by atoms with Crippen molar-refractivity contribution in [3.8, 4) is 0 Å². The number of carbonyl (C=O) groups excluding carboxylic acids is 1. The first-order chi connectivity index (χ1) is 13.5. The summed E-state index contributed by atoms with van der Waals surface area (Å²) in [5.74, 6) is -0.740. The SMILES string of the molecule is O=C(Cn1c(=O)[nH]c2ccccc2c1=O)N1CCNCC1c1cccc(F)c1. The molecule has 1 amide bonds. The highest BCUT2D eigenvalue weighted by atomic mass is 19.1. The number of halogens is 1. The highest BCUT2D eigenvalue weighted by Gasteiger charge is 2.28. The van der Waals surface area contributed by atoms with Crippen LogP contribution < -0.4 is 16.6 Å². The third kappa shape index (κ3) is 3.34. The van der Waals surface area contributed by atoms with Crippen LogP contribution in [0.25, 0.3) is 10.9 Å². The van der Waals surface area contributed by atoms with E-state index in [1.807, 2.05) is 0 Å². The van der Waals surface area contributed by atoms with Crippen LogP contribution in [0.15, 0.2) is 58.1 Å². The summed E-state index contributed by atoms with van der Waals surface area (Å²) in [7, 11) is 0. The molecule has 3 aromatic rings. The Morgan fingerprint density at radius 1 is 1.14 bits per heavy atom. The minimum atomic E-state index is -0.630. The molecule has 1 atom stereocenters. The molecule has 1 saturated heterocycles. The summed E-state index contributed by atoms with van der Waals surface area (Å²) in [6.07, 6.45) is 0. The van der Waals surface area contributed by atoms with E-state index in [0.29, 0.717) is 36.1 Å². The predicted octanol–water partition coefficient (Wildman–Crippen LogP) is 1.00. The lowest BCUT2D eigenvalue weighted by molar-refractivity contribution is -0.135. The Kier molecular flexibility index (Phi) is 4.79. The molecule has 28 heavy (non-hydrogen) atoms. The van der Waals surface area contributed by atoms with Crippen molar-refractivity contribution in [3.63, 3.8) is 0 Å². The molecular formula is C20H19FN4O3. The third-order valence-corrected chi connectivity index (χ3v) is 4.98. The number of carbonyl (C=O) groups is 1. The van der Waals surface area contributed by atoms with Crippen LogP contribution in [0.4, 0.5) is 4.39 Å². The van der Waals surface area contributed by atoms with Gasteiger partial charge in [0.05, 0.1) is 16.9 Å². The molecule has 1 unspecified atom stereocenters. The molecule has 1 fully saturated rings. The number of H-pyrrole nitrogens is 1. The molecule has 1 aromatic heterocycles. The number of para-hydroxylation sites is 1. The third-order valence-electron chi connectivity index (χ3n) is 4.98. The zero-order valence-corrected chi connectivity index (χ0v) is 15.0. The highest BCUT2D eigenvalue weighted by molar-refractivity contribution is 5.79. The molecule has 2 aromatic carbocycles. The van der Waals surface area contributed by atoms with Crippen molar-refractivity contribution in [1.29, 1.82) is 0 Å². The monoisotopic (exact) mass is 382 g/mol. The van der Waals surface area contributed by atoms with E-state index in [4.69, 9.17) is 0 Å². The quantitative estimate of drug-likeness (QED) is 0.708. The summed E-state index contributed by atoms with van der Waals surface area (Å²) in [4.78, 5) is 42.2. The first-order valence-corrected chi connectivity index (χ1v) is 9.02. The van der Waals surface area contributed by atoms with E-state index in [9.17, 15) is 18.8 Å². The van der Waals surface area contributed by atoms with Crippen molar-refractivity contribution in [2.45, 2.75) is 12.6 Å². The molecular weight excluding hydrogens is 363 g/mol. The number of nitrogens with zero attached hydrogens (tertiary/aromatic N) is 2. The summed E-state index contributed by atoms with van der Waals surface area (Å²) >= 11 is 0. The molecule has 4 rings (SSSR count). The van der Waals surface area contributed by atoms with Gasteiger partial charge in [-0.2, -0.15) is 0 Å². The lowest BCUT2D eigenvalue weighted by Gasteiger charge is -2.36. The first kappa shape index (κ1) is 18.1. The number of aromatic amines is 1. The second-order valence-electron chi connectivity index (χ2n) is 6.73. The summed E-state index contributed by atoms with van der Waals surface area (Å²) < 4.78 is 14.5. The Labute approximate surface area is 159 Å². The van der Waals surface area contributed by atoms with Gasteiger partial charge >= 0.3 is 5.69 Å². The number of fused-ring (bicyclic) bond motifs is 1. The van der Waals surface area contributed by atoms with E-state index in [2.05, 4.69) is 10.3 Å². The van der Waals surface area contributed by atoms with Gasteiger partial charge in [0.2, 0.25) is 5.91 Å². The standard InChI is InChI=1S/C20H19FN4O3/c21-14-5-3-4-13(10-14)17-11-22-8-9-24(17)18(26)12-25-19(27)15-6-1-2-7-16(15)23-20(25)28/h1-7,10,17,22H,8-9,11-12H2,(H,23,28). The molecule has 144 valence electrons. The number of piperazine rings is 1. The minimum absolute atomic E-state index is 0.344. The van der Waals surface area contributed by atoms with Crippen LogP contribution in [-0.4, -0.2) is 40.0 Å². The van der Waals surface area contributed by atoms with Gasteiger partial charge in [-0.05, 0) is 29.8 Å². The van der Waals surface area contributed by atoms with Crippen LogP contribution in [0.5, 0.6) is 0 Å². The Hall–Kier alpha value is -3.26. The van der Waals surface area contributed by atoms with Gasteiger partial charge in [0.15, 0.2) is 0 Å². The summed E-state index contributed by atoms with van der Waals surface area (Å²) in [5, 5.41) is 3.54. The van der Waals surface area contributed by atoms with Gasteiger partial charge in [-0.1, -0.05) is 24.3 Å². The number of nitrogens with one attached hydrogen (secondary N) is 2. The summed E-state index contributed by atoms with van der Waals surface area (Å²) in [6, 6.07) is 12.4. The van der Waals surface area contributed by atoms with Gasteiger partial charge in [-0.25, -0.2) is 9.18 Å². The maximum atomic E-state index is 13.6. The maximum Gasteiger partial charge on any atom is 0.329 e. The van der Waals surface area contributed by atoms with E-state index < -0.39 is 11.2 Å². The molecule has 2 N–H and O–H groups in total. The number of rotatable bonds is 3. The van der Waals surface area contributed by atoms with Crippen LogP contribution >= 0.6 is 0 Å². The molecule has 7 nitrogen and oxygen atoms in total. The van der Waals surface area contributed by atoms with Crippen molar-refractivity contribution in [2.24, 2.45) is 0 Å². The van der Waals surface area contributed by atoms with Crippen LogP contribution in [0.1, 0.15) is 11.6 Å². The zero-order valence-electron chi connectivity index (χ0n) is 15.0. The Morgan fingerprint density at radius 2 is 1.96 bits per heavy atom. The average molecular weight is 382 g/mol. The lowest BCUT2D eigenvalue weighted by atomic mass is 10.0. The number of hydrogen-bond acceptors (Lipinski definition) is 4. The van der Waals surface area contributed by atoms with Crippen LogP contribution in [0, 0.1) is 5.82 Å². The molecule has 0 spiro atoms. The van der Waals surface area contributed by atoms with Crippen LogP contribution in [0.3, 0.4) is 0 Å². The molecule has 0 aliphatic carbocycles. The Balaban J connectivity index is 1.66. The van der Waals surface area contributed by atoms with Gasteiger partial charge in [0.25, 0.3) is 5.56 Å². The Bertz CT molecular complexity index is 1150. The highest BCUT2D eigenvalue weighted by Crippen LogP contribution is 2.23. The second-order valence-corrected chi connectivity index (χ2v) is 6.73. The molecule has 0 bridgehead atoms. The number of benzene rings is 2. The summed E-state index contributed by atoms with van der Waals surface area (Å²) in [6.45, 7) is 1.09. The topological polar surface area (TPSA) is 87.2 Å². The van der Waals surface area contributed by atoms with Gasteiger partial charge in [0, 0.05) is 19.6 Å². The molecule has 2 heterocycles. The molecule has 1 aliphatic rings. The van der Waals surface area contributed by atoms with Gasteiger partial charge < -0.3 is 15.2 Å². The Morgan fingerprint density at radius 3 is 2.79 bits per heavy atom. The largest absolute Gasteiger partial charge is 0.332 e. The van der Waals surface area contributed by atoms with Crippen molar-refractivity contribution in [3.05, 3.63) is 80.7 Å². The van der Waals surface area contributed by atoms with E-state index in [0.717, 1.165) is 4.57 Å². The fourth-order valence-corrected chi connectivity index (χ4v) is 3.58. The van der Waals surface area contributed by atoms with Gasteiger partial charge in [-0.3, -0.25) is 14.2 Å². The number of amides is 1. The van der Waals surface area contributed by atoms with Crippen molar-refractivity contribution < 1.29 is 9.18 Å². The van der Waals surface area contributed by atoms with Crippen LogP contribution in [0.2, 0.25) is 0 Å². The first-order valence-electron chi connectivity index (χ1n) is 9.02. The smallest absolute Gasteiger partial charge is 0.329 e. The minimum Gasteiger partial charge on any atom is -0.332 e. The van der Waals surface area contributed by atoms with E-state index in [1.165, 1.54) is 12.1 Å². The normalized spacial score (nSPS) is 17.0. The molecule has 1 aliphatic heterocycles. The van der Waals surface area contributed by atoms with E-state index in [1.54, 1.807) is 41.3 Å². The van der Waals surface area contributed by atoms with Crippen molar-refractivity contribution in [1.82, 2.24) is 19.8 Å². The lowest BCUT2D eigenvalue weighted by Crippen LogP contribution is -2.51. The van der Waals surface area contributed by atoms with Gasteiger partial charge in [-0.15, -0.1) is 0 Å². The summed E-state index contributed by atoms with van der Waals surface area (Å²) in [5.41, 5.74) is -0.0408. The zero-order chi connectivity index (χ0) is 19.7. The molecule has 8 heteroatoms. The van der Waals surface area contributed by atoms with Gasteiger partial charge in [0.1, 0.15) is 12.4 Å². The average Bonchev–Trinajstić information content (AvgIpc) is 2.71. The predicted molar refractivity (Wildman–Crippen MR) is 103 cm³/mol. The van der Waals surface area contributed by atoms with Crippen molar-refractivity contribution >= 4 is 16.8 Å². The maximum absolute atomic E-state index is 13.6. The number of hydrogen-bond donors (Lipinski definition) is 2. The fourth-order valence-electron chi connectivity index (χ4n) is 3.58. The fraction of sp³-hybridized carbons (Fsp3) is 0.250. The molecule has 0 radical (unpaired) electrons. The van der Waals surface area contributed by atoms with E-state index in [-0.39, 0.29) is 24.3 Å². The van der Waals surface area contributed by atoms with E-state index >= 15 is 0 Å². The van der Waals surface area contributed by atoms with Crippen molar-refractivity contribution in [2.75, 3.05) is 19.6 Å². The second kappa shape index (κ2) is 7.40. The number of aromatic nitrogens is 2. The molecule has 0 saturated carbocycles.